The molecule has 6 nitrogen and oxygen atoms in total. The maximum Gasteiger partial charge on any atom is 0.408 e. The van der Waals surface area contributed by atoms with E-state index >= 15 is 0 Å². The molecule has 0 aliphatic carbocycles. The van der Waals surface area contributed by atoms with Crippen molar-refractivity contribution in [2.24, 2.45) is 0 Å². The molecule has 0 saturated carbocycles. The number of hydrogen-bond donors (Lipinski definition) is 1. The first-order valence-corrected chi connectivity index (χ1v) is 13.4. The van der Waals surface area contributed by atoms with Crippen molar-refractivity contribution in [3.63, 3.8) is 0 Å². The molecule has 4 aromatic carbocycles. The molecule has 188 valence electrons. The Balaban J connectivity index is 1.71. The SMILES string of the molecule is O=C1NC(c2cccc(F)c2)(c2ccc(Cl)cc2Oc2ccccc2)C(CS(=O)(=O)c2ccccc2)O1. The largest absolute Gasteiger partial charge is 0.457 e. The molecule has 0 bridgehead atoms. The third-order valence-electron chi connectivity index (χ3n) is 6.12. The average molecular weight is 538 g/mol. The maximum absolute atomic E-state index is 14.5. The number of amides is 1. The molecule has 37 heavy (non-hydrogen) atoms. The lowest BCUT2D eigenvalue weighted by Gasteiger charge is -2.35. The van der Waals surface area contributed by atoms with Crippen LogP contribution in [0.2, 0.25) is 5.02 Å². The average Bonchev–Trinajstić information content (AvgIpc) is 3.21. The third kappa shape index (κ3) is 4.90. The molecule has 1 N–H and O–H groups in total. The minimum atomic E-state index is -3.92. The minimum Gasteiger partial charge on any atom is -0.457 e. The summed E-state index contributed by atoms with van der Waals surface area (Å²) in [5, 5.41) is 3.13. The second-order valence-electron chi connectivity index (χ2n) is 8.49. The molecule has 1 fully saturated rings. The number of cyclic esters (lactones) is 1. The van der Waals surface area contributed by atoms with Crippen molar-refractivity contribution in [2.75, 3.05) is 5.75 Å². The monoisotopic (exact) mass is 537 g/mol. The van der Waals surface area contributed by atoms with Crippen molar-refractivity contribution in [3.8, 4) is 11.5 Å². The molecule has 1 aliphatic heterocycles. The van der Waals surface area contributed by atoms with Gasteiger partial charge in [0.2, 0.25) is 0 Å². The molecule has 9 heteroatoms. The predicted molar refractivity (Wildman–Crippen MR) is 137 cm³/mol. The van der Waals surface area contributed by atoms with E-state index in [4.69, 9.17) is 21.1 Å². The zero-order chi connectivity index (χ0) is 26.0. The Hall–Kier alpha value is -3.88. The van der Waals surface area contributed by atoms with Crippen molar-refractivity contribution in [3.05, 3.63) is 125 Å². The fraction of sp³-hybridized carbons (Fsp3) is 0.107. The number of hydrogen-bond acceptors (Lipinski definition) is 5. The Morgan fingerprint density at radius 1 is 0.919 bits per heavy atom. The first-order chi connectivity index (χ1) is 17.8. The van der Waals surface area contributed by atoms with Gasteiger partial charge in [0.1, 0.15) is 29.0 Å². The number of nitrogens with one attached hydrogen (secondary N) is 1. The molecular weight excluding hydrogens is 517 g/mol. The van der Waals surface area contributed by atoms with Gasteiger partial charge in [0.25, 0.3) is 0 Å². The fourth-order valence-corrected chi connectivity index (χ4v) is 6.12. The van der Waals surface area contributed by atoms with Crippen LogP contribution in [0.5, 0.6) is 11.5 Å². The van der Waals surface area contributed by atoms with E-state index in [2.05, 4.69) is 5.32 Å². The molecule has 1 heterocycles. The molecule has 1 saturated heterocycles. The van der Waals surface area contributed by atoms with Gasteiger partial charge in [-0.3, -0.25) is 0 Å². The highest BCUT2D eigenvalue weighted by atomic mass is 35.5. The quantitative estimate of drug-likeness (QED) is 0.308. The summed E-state index contributed by atoms with van der Waals surface area (Å²) >= 11 is 6.30. The summed E-state index contributed by atoms with van der Waals surface area (Å²) in [5.74, 6) is -0.406. The molecule has 5 rings (SSSR count). The van der Waals surface area contributed by atoms with E-state index in [9.17, 15) is 17.6 Å². The number of carbonyl (C=O) groups is 1. The van der Waals surface area contributed by atoms with E-state index in [0.717, 1.165) is 0 Å². The Morgan fingerprint density at radius 3 is 2.32 bits per heavy atom. The molecule has 0 aromatic heterocycles. The highest BCUT2D eigenvalue weighted by Crippen LogP contribution is 2.45. The summed E-state index contributed by atoms with van der Waals surface area (Å²) in [4.78, 5) is 12.8. The van der Waals surface area contributed by atoms with E-state index in [0.29, 0.717) is 16.3 Å². The van der Waals surface area contributed by atoms with Crippen LogP contribution in [0.15, 0.2) is 108 Å². The van der Waals surface area contributed by atoms with Crippen molar-refractivity contribution < 1.29 is 27.1 Å². The maximum atomic E-state index is 14.5. The van der Waals surface area contributed by atoms with Crippen LogP contribution in [0, 0.1) is 5.82 Å². The van der Waals surface area contributed by atoms with Crippen LogP contribution in [-0.2, 0) is 20.1 Å². The van der Waals surface area contributed by atoms with Gasteiger partial charge in [0.15, 0.2) is 9.84 Å². The lowest BCUT2D eigenvalue weighted by Crippen LogP contribution is -2.49. The van der Waals surface area contributed by atoms with Gasteiger partial charge in [-0.15, -0.1) is 0 Å². The van der Waals surface area contributed by atoms with Crippen LogP contribution in [-0.4, -0.2) is 26.4 Å². The summed E-state index contributed by atoms with van der Waals surface area (Å²) < 4.78 is 53.0. The van der Waals surface area contributed by atoms with E-state index in [1.54, 1.807) is 66.7 Å². The molecule has 0 radical (unpaired) electrons. The van der Waals surface area contributed by atoms with Gasteiger partial charge in [0.05, 0.1) is 10.6 Å². The van der Waals surface area contributed by atoms with Crippen molar-refractivity contribution in [2.45, 2.75) is 16.5 Å². The second kappa shape index (κ2) is 9.88. The Kier molecular flexibility index (Phi) is 6.62. The number of para-hydroxylation sites is 1. The van der Waals surface area contributed by atoms with Crippen molar-refractivity contribution >= 4 is 27.5 Å². The summed E-state index contributed by atoms with van der Waals surface area (Å²) in [5.41, 5.74) is -0.979. The van der Waals surface area contributed by atoms with Gasteiger partial charge in [-0.2, -0.15) is 0 Å². The number of benzene rings is 4. The highest BCUT2D eigenvalue weighted by molar-refractivity contribution is 7.91. The van der Waals surface area contributed by atoms with Crippen LogP contribution in [0.4, 0.5) is 9.18 Å². The van der Waals surface area contributed by atoms with Crippen LogP contribution in [0.1, 0.15) is 11.1 Å². The summed E-state index contributed by atoms with van der Waals surface area (Å²) in [6.45, 7) is 0. The Morgan fingerprint density at radius 2 is 1.62 bits per heavy atom. The number of carbonyl (C=O) groups excluding carboxylic acids is 1. The number of sulfone groups is 1. The summed E-state index contributed by atoms with van der Waals surface area (Å²) in [7, 11) is -3.92. The molecule has 2 unspecified atom stereocenters. The standard InChI is InChI=1S/C28H21ClFNO5S/c29-20-14-15-24(25(17-20)35-22-10-3-1-4-11-22)28(19-8-7-9-21(30)16-19)26(36-27(32)31-28)18-37(33,34)23-12-5-2-6-13-23/h1-17,26H,18H2,(H,31,32). The Bertz CT molecular complexity index is 1550. The van der Waals surface area contributed by atoms with Gasteiger partial charge >= 0.3 is 6.09 Å². The fourth-order valence-electron chi connectivity index (χ4n) is 4.48. The van der Waals surface area contributed by atoms with Crippen molar-refractivity contribution in [1.29, 1.82) is 0 Å². The van der Waals surface area contributed by atoms with Gasteiger partial charge in [-0.1, -0.05) is 66.2 Å². The van der Waals surface area contributed by atoms with Crippen LogP contribution < -0.4 is 10.1 Å². The van der Waals surface area contributed by atoms with Gasteiger partial charge in [0, 0.05) is 10.6 Å². The number of halogens is 2. The second-order valence-corrected chi connectivity index (χ2v) is 11.0. The number of ether oxygens (including phenoxy) is 2. The molecule has 0 spiro atoms. The molecule has 4 aromatic rings. The zero-order valence-electron chi connectivity index (χ0n) is 19.3. The van der Waals surface area contributed by atoms with E-state index < -0.39 is 39.1 Å². The lowest BCUT2D eigenvalue weighted by atomic mass is 9.78. The highest BCUT2D eigenvalue weighted by Gasteiger charge is 2.54. The topological polar surface area (TPSA) is 81.7 Å². The summed E-state index contributed by atoms with van der Waals surface area (Å²) in [6.07, 6.45) is -2.12. The zero-order valence-corrected chi connectivity index (χ0v) is 20.9. The Labute approximate surface area is 218 Å². The number of rotatable bonds is 7. The van der Waals surface area contributed by atoms with Gasteiger partial charge in [-0.25, -0.2) is 17.6 Å². The first-order valence-electron chi connectivity index (χ1n) is 11.3. The van der Waals surface area contributed by atoms with Gasteiger partial charge < -0.3 is 14.8 Å². The van der Waals surface area contributed by atoms with E-state index in [-0.39, 0.29) is 16.2 Å². The minimum absolute atomic E-state index is 0.0722. The predicted octanol–water partition coefficient (Wildman–Crippen LogP) is 6.10. The van der Waals surface area contributed by atoms with Gasteiger partial charge in [-0.05, 0) is 54.1 Å². The van der Waals surface area contributed by atoms with E-state index in [1.165, 1.54) is 30.3 Å². The summed E-state index contributed by atoms with van der Waals surface area (Å²) in [6, 6.07) is 27.1. The molecule has 1 amide bonds. The van der Waals surface area contributed by atoms with Crippen molar-refractivity contribution in [1.82, 2.24) is 5.32 Å². The van der Waals surface area contributed by atoms with Crippen LogP contribution >= 0.6 is 11.6 Å². The normalized spacial score (nSPS) is 19.2. The molecule has 2 atom stereocenters. The first kappa shape index (κ1) is 24.8. The molecule has 1 aliphatic rings. The third-order valence-corrected chi connectivity index (χ3v) is 8.09. The van der Waals surface area contributed by atoms with E-state index in [1.807, 2.05) is 6.07 Å². The van der Waals surface area contributed by atoms with Crippen LogP contribution in [0.25, 0.3) is 0 Å². The molecular formula is C28H21ClFNO5S. The number of alkyl carbamates (subject to hydrolysis) is 1. The van der Waals surface area contributed by atoms with Crippen LogP contribution in [0.3, 0.4) is 0 Å². The lowest BCUT2D eigenvalue weighted by molar-refractivity contribution is 0.130. The smallest absolute Gasteiger partial charge is 0.408 e.